The Balaban J connectivity index is 2.00. The Hall–Kier alpha value is -4.26. The summed E-state index contributed by atoms with van der Waals surface area (Å²) in [4.78, 5) is 28.5. The van der Waals surface area contributed by atoms with Crippen LogP contribution in [0.25, 0.3) is 5.76 Å². The van der Waals surface area contributed by atoms with Gasteiger partial charge in [0.25, 0.3) is 11.7 Å². The number of rotatable bonds is 7. The van der Waals surface area contributed by atoms with Crippen LogP contribution >= 0.6 is 0 Å². The molecule has 1 fully saturated rings. The minimum absolute atomic E-state index is 0.0441. The molecule has 1 amide bonds. The van der Waals surface area contributed by atoms with Crippen LogP contribution in [0, 0.1) is 13.8 Å². The van der Waals surface area contributed by atoms with Crippen molar-refractivity contribution >= 4 is 23.1 Å². The zero-order chi connectivity index (χ0) is 26.9. The fourth-order valence-electron chi connectivity index (χ4n) is 4.68. The maximum atomic E-state index is 13.6. The Kier molecular flexibility index (Phi) is 7.25. The molecule has 1 N–H and O–H groups in total. The Morgan fingerprint density at radius 1 is 0.892 bits per heavy atom. The molecule has 0 radical (unpaired) electrons. The van der Waals surface area contributed by atoms with E-state index in [1.807, 2.05) is 58.0 Å². The van der Waals surface area contributed by atoms with Crippen LogP contribution in [0.4, 0.5) is 5.69 Å². The van der Waals surface area contributed by atoms with Crippen LogP contribution < -0.4 is 19.1 Å². The summed E-state index contributed by atoms with van der Waals surface area (Å²) < 4.78 is 16.7. The van der Waals surface area contributed by atoms with Crippen LogP contribution in [0.1, 0.15) is 42.1 Å². The first-order valence-electron chi connectivity index (χ1n) is 12.0. The van der Waals surface area contributed by atoms with Gasteiger partial charge in [0.1, 0.15) is 23.0 Å². The molecule has 1 atom stereocenters. The molecular formula is C30H31NO6. The lowest BCUT2D eigenvalue weighted by molar-refractivity contribution is -0.132. The number of benzene rings is 3. The molecule has 1 aliphatic heterocycles. The number of amides is 1. The zero-order valence-corrected chi connectivity index (χ0v) is 21.9. The fraction of sp³-hybridized carbons (Fsp3) is 0.267. The molecule has 1 aliphatic rings. The standard InChI is InChI=1S/C30H31NO6/c1-17(2)37-23-9-7-8-20(15-23)27-26(28(32)24-16-22(35-5)10-11-25(24)36-6)29(33)30(34)31(27)21-13-18(3)12-19(4)14-21/h7-17,27,32H,1-6H3/b28-26+. The van der Waals surface area contributed by atoms with E-state index in [4.69, 9.17) is 14.2 Å². The monoisotopic (exact) mass is 501 g/mol. The van der Waals surface area contributed by atoms with Gasteiger partial charge in [-0.1, -0.05) is 18.2 Å². The molecule has 7 heteroatoms. The van der Waals surface area contributed by atoms with E-state index in [1.165, 1.54) is 19.1 Å². The van der Waals surface area contributed by atoms with Crippen molar-refractivity contribution in [3.8, 4) is 17.2 Å². The molecule has 0 aromatic heterocycles. The molecular weight excluding hydrogens is 470 g/mol. The highest BCUT2D eigenvalue weighted by atomic mass is 16.5. The van der Waals surface area contributed by atoms with Crippen LogP contribution in [0.5, 0.6) is 17.2 Å². The minimum atomic E-state index is -0.896. The van der Waals surface area contributed by atoms with Crippen molar-refractivity contribution < 1.29 is 28.9 Å². The molecule has 4 rings (SSSR count). The summed E-state index contributed by atoms with van der Waals surface area (Å²) >= 11 is 0. The van der Waals surface area contributed by atoms with E-state index in [2.05, 4.69) is 0 Å². The quantitative estimate of drug-likeness (QED) is 0.253. The zero-order valence-electron chi connectivity index (χ0n) is 21.9. The predicted octanol–water partition coefficient (Wildman–Crippen LogP) is 5.73. The number of methoxy groups -OCH3 is 2. The number of ether oxygens (including phenoxy) is 3. The van der Waals surface area contributed by atoms with E-state index >= 15 is 0 Å². The number of aryl methyl sites for hydroxylation is 2. The van der Waals surface area contributed by atoms with Crippen LogP contribution in [-0.2, 0) is 9.59 Å². The van der Waals surface area contributed by atoms with Gasteiger partial charge in [0.05, 0.1) is 37.5 Å². The molecule has 1 heterocycles. The maximum Gasteiger partial charge on any atom is 0.300 e. The van der Waals surface area contributed by atoms with Crippen LogP contribution in [0.2, 0.25) is 0 Å². The molecule has 192 valence electrons. The third-order valence-electron chi connectivity index (χ3n) is 6.14. The number of aliphatic hydroxyl groups is 1. The highest BCUT2D eigenvalue weighted by Crippen LogP contribution is 2.44. The number of nitrogens with zero attached hydrogens (tertiary/aromatic N) is 1. The van der Waals surface area contributed by atoms with Gasteiger partial charge in [-0.15, -0.1) is 0 Å². The first-order valence-corrected chi connectivity index (χ1v) is 12.0. The number of hydrogen-bond donors (Lipinski definition) is 1. The molecule has 0 bridgehead atoms. The maximum absolute atomic E-state index is 13.6. The number of anilines is 1. The van der Waals surface area contributed by atoms with Crippen molar-refractivity contribution in [1.29, 1.82) is 0 Å². The van der Waals surface area contributed by atoms with E-state index in [1.54, 1.807) is 30.3 Å². The van der Waals surface area contributed by atoms with Gasteiger partial charge >= 0.3 is 0 Å². The normalized spacial score (nSPS) is 16.8. The third-order valence-corrected chi connectivity index (χ3v) is 6.14. The largest absolute Gasteiger partial charge is 0.507 e. The second-order valence-corrected chi connectivity index (χ2v) is 9.32. The lowest BCUT2D eigenvalue weighted by atomic mass is 9.94. The highest BCUT2D eigenvalue weighted by molar-refractivity contribution is 6.51. The van der Waals surface area contributed by atoms with E-state index in [9.17, 15) is 14.7 Å². The van der Waals surface area contributed by atoms with Crippen LogP contribution in [-0.4, -0.2) is 37.1 Å². The summed E-state index contributed by atoms with van der Waals surface area (Å²) in [6.07, 6.45) is -0.0675. The van der Waals surface area contributed by atoms with Gasteiger partial charge in [-0.05, 0) is 86.8 Å². The number of aliphatic hydroxyl groups excluding tert-OH is 1. The third kappa shape index (κ3) is 5.03. The number of carbonyl (C=O) groups is 2. The number of ketones is 1. The van der Waals surface area contributed by atoms with Crippen molar-refractivity contribution in [3.63, 3.8) is 0 Å². The summed E-state index contributed by atoms with van der Waals surface area (Å²) in [5.74, 6) is -0.463. The highest BCUT2D eigenvalue weighted by Gasteiger charge is 2.47. The Morgan fingerprint density at radius 3 is 2.22 bits per heavy atom. The fourth-order valence-corrected chi connectivity index (χ4v) is 4.68. The first kappa shape index (κ1) is 25.8. The lowest BCUT2D eigenvalue weighted by Crippen LogP contribution is -2.29. The SMILES string of the molecule is COc1ccc(OC)c(/C(O)=C2\C(=O)C(=O)N(c3cc(C)cc(C)c3)C2c2cccc(OC(C)C)c2)c1. The van der Waals surface area contributed by atoms with Crippen molar-refractivity contribution in [2.45, 2.75) is 39.8 Å². The topological polar surface area (TPSA) is 85.3 Å². The molecule has 0 aliphatic carbocycles. The average molecular weight is 502 g/mol. The molecule has 0 saturated carbocycles. The van der Waals surface area contributed by atoms with Gasteiger partial charge in [-0.3, -0.25) is 14.5 Å². The summed E-state index contributed by atoms with van der Waals surface area (Å²) in [7, 11) is 2.97. The first-order chi connectivity index (χ1) is 17.6. The van der Waals surface area contributed by atoms with Crippen LogP contribution in [0.15, 0.2) is 66.2 Å². The van der Waals surface area contributed by atoms with E-state index in [-0.39, 0.29) is 23.0 Å². The van der Waals surface area contributed by atoms with Crippen molar-refractivity contribution in [1.82, 2.24) is 0 Å². The number of hydrogen-bond acceptors (Lipinski definition) is 6. The van der Waals surface area contributed by atoms with Crippen molar-refractivity contribution in [3.05, 3.63) is 88.5 Å². The molecule has 1 saturated heterocycles. The summed E-state index contributed by atoms with van der Waals surface area (Å²) in [6.45, 7) is 7.70. The number of carbonyl (C=O) groups excluding carboxylic acids is 2. The minimum Gasteiger partial charge on any atom is -0.507 e. The molecule has 37 heavy (non-hydrogen) atoms. The van der Waals surface area contributed by atoms with Crippen molar-refractivity contribution in [2.24, 2.45) is 0 Å². The number of Topliss-reactive ketones (excluding diaryl/α,β-unsaturated/α-hetero) is 1. The summed E-state index contributed by atoms with van der Waals surface area (Å²) in [5.41, 5.74) is 3.29. The van der Waals surface area contributed by atoms with Gasteiger partial charge in [0.15, 0.2) is 0 Å². The molecule has 7 nitrogen and oxygen atoms in total. The van der Waals surface area contributed by atoms with Gasteiger partial charge in [0, 0.05) is 5.69 Å². The second kappa shape index (κ2) is 10.4. The van der Waals surface area contributed by atoms with Gasteiger partial charge < -0.3 is 19.3 Å². The second-order valence-electron chi connectivity index (χ2n) is 9.32. The van der Waals surface area contributed by atoms with Gasteiger partial charge in [-0.25, -0.2) is 0 Å². The Labute approximate surface area is 216 Å². The Morgan fingerprint density at radius 2 is 1.59 bits per heavy atom. The van der Waals surface area contributed by atoms with Crippen molar-refractivity contribution in [2.75, 3.05) is 19.1 Å². The lowest BCUT2D eigenvalue weighted by Gasteiger charge is -2.26. The smallest absolute Gasteiger partial charge is 0.300 e. The van der Waals surface area contributed by atoms with E-state index in [0.29, 0.717) is 28.5 Å². The van der Waals surface area contributed by atoms with E-state index < -0.39 is 17.7 Å². The van der Waals surface area contributed by atoms with E-state index in [0.717, 1.165) is 11.1 Å². The molecule has 1 unspecified atom stereocenters. The molecule has 3 aromatic rings. The average Bonchev–Trinajstić information content (AvgIpc) is 3.12. The Bertz CT molecular complexity index is 1370. The molecule has 0 spiro atoms. The summed E-state index contributed by atoms with van der Waals surface area (Å²) in [5, 5.41) is 11.6. The van der Waals surface area contributed by atoms with Gasteiger partial charge in [0.2, 0.25) is 0 Å². The van der Waals surface area contributed by atoms with Crippen LogP contribution in [0.3, 0.4) is 0 Å². The predicted molar refractivity (Wildman–Crippen MR) is 142 cm³/mol. The molecule has 3 aromatic carbocycles. The van der Waals surface area contributed by atoms with Gasteiger partial charge in [-0.2, -0.15) is 0 Å². The summed E-state index contributed by atoms with van der Waals surface area (Å²) in [6, 6.07) is 16.9.